The third-order valence-electron chi connectivity index (χ3n) is 3.84. The van der Waals surface area contributed by atoms with Crippen LogP contribution in [0.5, 0.6) is 0 Å². The van der Waals surface area contributed by atoms with Crippen LogP contribution in [0, 0.1) is 17.7 Å². The Labute approximate surface area is 180 Å². The molecule has 0 aliphatic heterocycles. The van der Waals surface area contributed by atoms with E-state index >= 15 is 0 Å². The molecule has 0 unspecified atom stereocenters. The molecular weight excluding hydrogens is 409 g/mol. The SMILES string of the molecule is CC(C)CN(CC(C)C)C(=O)Cc1csc(SCC(=O)Nc2ccc(F)cc2)n1. The largest absolute Gasteiger partial charge is 0.342 e. The summed E-state index contributed by atoms with van der Waals surface area (Å²) in [6, 6.07) is 5.64. The lowest BCUT2D eigenvalue weighted by molar-refractivity contribution is -0.131. The van der Waals surface area contributed by atoms with Gasteiger partial charge in [0, 0.05) is 24.2 Å². The molecule has 0 saturated carbocycles. The van der Waals surface area contributed by atoms with Crippen molar-refractivity contribution in [3.05, 3.63) is 41.2 Å². The molecule has 1 N–H and O–H groups in total. The van der Waals surface area contributed by atoms with Gasteiger partial charge in [-0.3, -0.25) is 9.59 Å². The van der Waals surface area contributed by atoms with Crippen LogP contribution in [0.15, 0.2) is 34.0 Å². The highest BCUT2D eigenvalue weighted by atomic mass is 32.2. The lowest BCUT2D eigenvalue weighted by atomic mass is 10.1. The summed E-state index contributed by atoms with van der Waals surface area (Å²) in [5, 5.41) is 4.60. The van der Waals surface area contributed by atoms with Crippen LogP contribution in [0.3, 0.4) is 0 Å². The summed E-state index contributed by atoms with van der Waals surface area (Å²) in [4.78, 5) is 31.1. The number of rotatable bonds is 10. The summed E-state index contributed by atoms with van der Waals surface area (Å²) >= 11 is 2.76. The number of hydrogen-bond acceptors (Lipinski definition) is 5. The molecule has 1 aromatic heterocycles. The number of thioether (sulfide) groups is 1. The Hall–Kier alpha value is -1.93. The van der Waals surface area contributed by atoms with Gasteiger partial charge in [-0.25, -0.2) is 9.37 Å². The van der Waals surface area contributed by atoms with E-state index in [4.69, 9.17) is 0 Å². The van der Waals surface area contributed by atoms with Crippen molar-refractivity contribution >= 4 is 40.6 Å². The van der Waals surface area contributed by atoms with Crippen molar-refractivity contribution in [2.24, 2.45) is 11.8 Å². The topological polar surface area (TPSA) is 62.3 Å². The van der Waals surface area contributed by atoms with Crippen LogP contribution >= 0.6 is 23.1 Å². The first-order chi connectivity index (χ1) is 13.7. The number of amides is 2. The zero-order valence-electron chi connectivity index (χ0n) is 17.3. The fourth-order valence-electron chi connectivity index (χ4n) is 2.72. The molecule has 0 atom stereocenters. The summed E-state index contributed by atoms with van der Waals surface area (Å²) in [7, 11) is 0. The van der Waals surface area contributed by atoms with Crippen molar-refractivity contribution in [1.82, 2.24) is 9.88 Å². The normalized spacial score (nSPS) is 11.1. The third-order valence-corrected chi connectivity index (χ3v) is 5.91. The first-order valence-corrected chi connectivity index (χ1v) is 11.5. The second-order valence-electron chi connectivity index (χ2n) is 7.71. The number of carbonyl (C=O) groups is 2. The van der Waals surface area contributed by atoms with Crippen LogP contribution in [-0.2, 0) is 16.0 Å². The number of hydrogen-bond donors (Lipinski definition) is 1. The summed E-state index contributed by atoms with van der Waals surface area (Å²) < 4.78 is 13.7. The van der Waals surface area contributed by atoms with E-state index < -0.39 is 0 Å². The van der Waals surface area contributed by atoms with E-state index in [0.29, 0.717) is 17.5 Å². The molecule has 0 radical (unpaired) electrons. The zero-order valence-corrected chi connectivity index (χ0v) is 18.9. The molecular formula is C21H28FN3O2S2. The summed E-state index contributed by atoms with van der Waals surface area (Å²) in [5.74, 6) is 0.587. The number of halogens is 1. The number of thiazole rings is 1. The first kappa shape index (κ1) is 23.3. The number of aromatic nitrogens is 1. The summed E-state index contributed by atoms with van der Waals surface area (Å²) in [6.45, 7) is 9.91. The predicted molar refractivity (Wildman–Crippen MR) is 118 cm³/mol. The molecule has 1 aromatic carbocycles. The number of nitrogens with zero attached hydrogens (tertiary/aromatic N) is 2. The lowest BCUT2D eigenvalue weighted by Gasteiger charge is -2.26. The van der Waals surface area contributed by atoms with Crippen LogP contribution in [0.4, 0.5) is 10.1 Å². The first-order valence-electron chi connectivity index (χ1n) is 9.63. The van der Waals surface area contributed by atoms with Gasteiger partial charge in [-0.2, -0.15) is 0 Å². The average molecular weight is 438 g/mol. The molecule has 29 heavy (non-hydrogen) atoms. The maximum atomic E-state index is 12.9. The highest BCUT2D eigenvalue weighted by Gasteiger charge is 2.18. The van der Waals surface area contributed by atoms with E-state index in [1.165, 1.54) is 47.4 Å². The molecule has 0 fully saturated rings. The van der Waals surface area contributed by atoms with Gasteiger partial charge in [0.2, 0.25) is 11.8 Å². The Morgan fingerprint density at radius 1 is 1.14 bits per heavy atom. The smallest absolute Gasteiger partial charge is 0.234 e. The van der Waals surface area contributed by atoms with E-state index in [1.807, 2.05) is 10.3 Å². The number of anilines is 1. The zero-order chi connectivity index (χ0) is 21.4. The minimum Gasteiger partial charge on any atom is -0.342 e. The molecule has 8 heteroatoms. The van der Waals surface area contributed by atoms with Crippen LogP contribution in [-0.4, -0.2) is 40.5 Å². The van der Waals surface area contributed by atoms with Gasteiger partial charge in [0.1, 0.15) is 5.82 Å². The molecule has 0 bridgehead atoms. The Morgan fingerprint density at radius 3 is 2.34 bits per heavy atom. The molecule has 0 saturated heterocycles. The van der Waals surface area contributed by atoms with Gasteiger partial charge in [0.15, 0.2) is 4.34 Å². The minimum atomic E-state index is -0.345. The second kappa shape index (κ2) is 11.3. The Morgan fingerprint density at radius 2 is 1.76 bits per heavy atom. The quantitative estimate of drug-likeness (QED) is 0.548. The highest BCUT2D eigenvalue weighted by Crippen LogP contribution is 2.23. The molecule has 2 aromatic rings. The van der Waals surface area contributed by atoms with Crippen molar-refractivity contribution in [2.75, 3.05) is 24.2 Å². The third kappa shape index (κ3) is 8.53. The molecule has 0 spiro atoms. The Kier molecular flexibility index (Phi) is 9.10. The maximum Gasteiger partial charge on any atom is 0.234 e. The van der Waals surface area contributed by atoms with E-state index in [1.54, 1.807) is 0 Å². The summed E-state index contributed by atoms with van der Waals surface area (Å²) in [5.41, 5.74) is 1.29. The molecule has 1 heterocycles. The van der Waals surface area contributed by atoms with Gasteiger partial charge in [-0.1, -0.05) is 39.5 Å². The number of carbonyl (C=O) groups excluding carboxylic acids is 2. The van der Waals surface area contributed by atoms with Gasteiger partial charge in [0.25, 0.3) is 0 Å². The van der Waals surface area contributed by atoms with Crippen molar-refractivity contribution in [3.63, 3.8) is 0 Å². The number of nitrogens with one attached hydrogen (secondary N) is 1. The maximum absolute atomic E-state index is 12.9. The van der Waals surface area contributed by atoms with Crippen molar-refractivity contribution < 1.29 is 14.0 Å². The molecule has 158 valence electrons. The van der Waals surface area contributed by atoms with Crippen molar-refractivity contribution in [3.8, 4) is 0 Å². The van der Waals surface area contributed by atoms with Crippen molar-refractivity contribution in [2.45, 2.75) is 38.5 Å². The molecule has 2 amide bonds. The second-order valence-corrected chi connectivity index (χ2v) is 9.79. The molecule has 5 nitrogen and oxygen atoms in total. The Balaban J connectivity index is 1.85. The standard InChI is InChI=1S/C21H28FN3O2S2/c1-14(2)10-25(11-15(3)4)20(27)9-18-12-28-21(24-18)29-13-19(26)23-17-7-5-16(22)6-8-17/h5-8,12,14-15H,9-11,13H2,1-4H3,(H,23,26). The van der Waals surface area contributed by atoms with Crippen LogP contribution in [0.1, 0.15) is 33.4 Å². The van der Waals surface area contributed by atoms with Gasteiger partial charge in [-0.15, -0.1) is 11.3 Å². The lowest BCUT2D eigenvalue weighted by Crippen LogP contribution is -2.38. The molecule has 2 rings (SSSR count). The van der Waals surface area contributed by atoms with Crippen LogP contribution in [0.2, 0.25) is 0 Å². The van der Waals surface area contributed by atoms with Crippen molar-refractivity contribution in [1.29, 1.82) is 0 Å². The predicted octanol–water partition coefficient (Wildman–Crippen LogP) is 4.70. The number of benzene rings is 1. The Bertz CT molecular complexity index is 797. The van der Waals surface area contributed by atoms with Gasteiger partial charge in [-0.05, 0) is 36.1 Å². The van der Waals surface area contributed by atoms with Gasteiger partial charge < -0.3 is 10.2 Å². The van der Waals surface area contributed by atoms with E-state index in [-0.39, 0.29) is 29.8 Å². The van der Waals surface area contributed by atoms with Crippen LogP contribution < -0.4 is 5.32 Å². The average Bonchev–Trinajstić information content (AvgIpc) is 3.08. The molecule has 0 aliphatic rings. The fraction of sp³-hybridized carbons (Fsp3) is 0.476. The van der Waals surface area contributed by atoms with E-state index in [9.17, 15) is 14.0 Å². The van der Waals surface area contributed by atoms with E-state index in [0.717, 1.165) is 23.1 Å². The monoisotopic (exact) mass is 437 g/mol. The van der Waals surface area contributed by atoms with Gasteiger partial charge >= 0.3 is 0 Å². The molecule has 0 aliphatic carbocycles. The summed E-state index contributed by atoms with van der Waals surface area (Å²) in [6.07, 6.45) is 0.276. The highest BCUT2D eigenvalue weighted by molar-refractivity contribution is 8.01. The van der Waals surface area contributed by atoms with Gasteiger partial charge in [0.05, 0.1) is 17.9 Å². The van der Waals surface area contributed by atoms with Crippen LogP contribution in [0.25, 0.3) is 0 Å². The minimum absolute atomic E-state index is 0.0864. The van der Waals surface area contributed by atoms with E-state index in [2.05, 4.69) is 38.0 Å². The fourth-order valence-corrected chi connectivity index (χ4v) is 4.36.